The van der Waals surface area contributed by atoms with E-state index < -0.39 is 7.82 Å². The highest BCUT2D eigenvalue weighted by Crippen LogP contribution is 2.47. The lowest BCUT2D eigenvalue weighted by atomic mass is 10.5. The fourth-order valence-electron chi connectivity index (χ4n) is 0.369. The largest absolute Gasteiger partial charge is 0.491 e. The third kappa shape index (κ3) is 3.29. The van der Waals surface area contributed by atoms with Gasteiger partial charge in [-0.05, 0) is 13.8 Å². The van der Waals surface area contributed by atoms with Crippen molar-refractivity contribution in [3.05, 3.63) is 0 Å². The standard InChI is InChI=1S/C4H12NO4P/c1-4(2)8-10(6,7-3)9-5/h4H,5H2,1-3H3. The summed E-state index contributed by atoms with van der Waals surface area (Å²) in [5.74, 6) is 4.65. The van der Waals surface area contributed by atoms with Crippen molar-refractivity contribution in [1.29, 1.82) is 0 Å². The van der Waals surface area contributed by atoms with Crippen LogP contribution in [-0.2, 0) is 18.2 Å². The zero-order chi connectivity index (χ0) is 8.20. The number of hydrogen-bond donors (Lipinski definition) is 1. The quantitative estimate of drug-likeness (QED) is 0.503. The molecule has 5 nitrogen and oxygen atoms in total. The zero-order valence-corrected chi connectivity index (χ0v) is 7.13. The number of phosphoric ester groups is 1. The summed E-state index contributed by atoms with van der Waals surface area (Å²) in [6.07, 6.45) is -0.241. The van der Waals surface area contributed by atoms with E-state index in [0.29, 0.717) is 0 Å². The molecule has 0 heterocycles. The molecule has 0 aromatic heterocycles. The number of hydrogen-bond acceptors (Lipinski definition) is 5. The number of nitrogens with two attached hydrogens (primary N) is 1. The summed E-state index contributed by atoms with van der Waals surface area (Å²) in [6.45, 7) is 3.40. The Labute approximate surface area is 60.0 Å². The molecule has 0 amide bonds. The maximum Gasteiger partial charge on any atom is 0.491 e. The van der Waals surface area contributed by atoms with Crippen LogP contribution in [0.1, 0.15) is 13.8 Å². The van der Waals surface area contributed by atoms with Gasteiger partial charge in [-0.1, -0.05) is 0 Å². The summed E-state index contributed by atoms with van der Waals surface area (Å²) in [5.41, 5.74) is 0. The van der Waals surface area contributed by atoms with Crippen molar-refractivity contribution >= 4 is 7.82 Å². The Bertz CT molecular complexity index is 129. The van der Waals surface area contributed by atoms with E-state index in [4.69, 9.17) is 4.52 Å². The van der Waals surface area contributed by atoms with E-state index in [1.165, 1.54) is 7.11 Å². The molecule has 0 radical (unpaired) electrons. The fraction of sp³-hybridized carbons (Fsp3) is 1.00. The predicted molar refractivity (Wildman–Crippen MR) is 36.1 cm³/mol. The van der Waals surface area contributed by atoms with Crippen LogP contribution in [0.4, 0.5) is 0 Å². The maximum absolute atomic E-state index is 11.0. The van der Waals surface area contributed by atoms with Crippen molar-refractivity contribution in [2.45, 2.75) is 20.0 Å². The molecule has 0 aromatic carbocycles. The molecule has 0 saturated heterocycles. The summed E-state index contributed by atoms with van der Waals surface area (Å²) in [7, 11) is -2.26. The van der Waals surface area contributed by atoms with Gasteiger partial charge in [0, 0.05) is 7.11 Å². The number of rotatable bonds is 4. The first-order valence-electron chi connectivity index (χ1n) is 2.76. The van der Waals surface area contributed by atoms with E-state index >= 15 is 0 Å². The summed E-state index contributed by atoms with van der Waals surface area (Å²) in [6, 6.07) is 0. The minimum Gasteiger partial charge on any atom is -0.289 e. The lowest BCUT2D eigenvalue weighted by Crippen LogP contribution is -2.07. The van der Waals surface area contributed by atoms with Crippen LogP contribution in [0.15, 0.2) is 0 Å². The Morgan fingerprint density at radius 2 is 2.00 bits per heavy atom. The summed E-state index contributed by atoms with van der Waals surface area (Å²) in [5, 5.41) is 0. The van der Waals surface area contributed by atoms with Gasteiger partial charge < -0.3 is 0 Å². The highest BCUT2D eigenvalue weighted by molar-refractivity contribution is 7.48. The van der Waals surface area contributed by atoms with Gasteiger partial charge in [0.25, 0.3) is 0 Å². The van der Waals surface area contributed by atoms with Crippen LogP contribution in [0.3, 0.4) is 0 Å². The molecular weight excluding hydrogens is 157 g/mol. The fourth-order valence-corrected chi connectivity index (χ4v) is 1.11. The topological polar surface area (TPSA) is 70.8 Å². The molecule has 0 rings (SSSR count). The Morgan fingerprint density at radius 3 is 2.10 bits per heavy atom. The second-order valence-electron chi connectivity index (χ2n) is 1.89. The molecule has 0 aliphatic carbocycles. The second kappa shape index (κ2) is 4.05. The van der Waals surface area contributed by atoms with Gasteiger partial charge in [0.2, 0.25) is 0 Å². The van der Waals surface area contributed by atoms with Gasteiger partial charge in [0.05, 0.1) is 6.10 Å². The van der Waals surface area contributed by atoms with E-state index in [1.54, 1.807) is 13.8 Å². The van der Waals surface area contributed by atoms with E-state index in [2.05, 4.69) is 15.0 Å². The third-order valence-corrected chi connectivity index (χ3v) is 2.08. The minimum absolute atomic E-state index is 0.241. The molecule has 0 spiro atoms. The van der Waals surface area contributed by atoms with Gasteiger partial charge in [0.1, 0.15) is 0 Å². The summed E-state index contributed by atoms with van der Waals surface area (Å²) in [4.78, 5) is 0. The zero-order valence-electron chi connectivity index (χ0n) is 6.23. The average molecular weight is 169 g/mol. The van der Waals surface area contributed by atoms with Gasteiger partial charge in [-0.15, -0.1) is 0 Å². The van der Waals surface area contributed by atoms with Crippen molar-refractivity contribution in [2.24, 2.45) is 5.90 Å². The Kier molecular flexibility index (Phi) is 4.08. The van der Waals surface area contributed by atoms with Crippen molar-refractivity contribution in [3.63, 3.8) is 0 Å². The van der Waals surface area contributed by atoms with Crippen LogP contribution < -0.4 is 5.90 Å². The van der Waals surface area contributed by atoms with Gasteiger partial charge in [0.15, 0.2) is 0 Å². The lowest BCUT2D eigenvalue weighted by Gasteiger charge is -2.14. The first kappa shape index (κ1) is 10.1. The Hall–Kier alpha value is 0.0700. The van der Waals surface area contributed by atoms with Gasteiger partial charge in [-0.25, -0.2) is 15.1 Å². The van der Waals surface area contributed by atoms with Crippen LogP contribution in [0, 0.1) is 0 Å². The SMILES string of the molecule is COP(=O)(ON)OC(C)C. The third-order valence-electron chi connectivity index (χ3n) is 0.693. The normalized spacial score (nSPS) is 17.3. The van der Waals surface area contributed by atoms with Crippen molar-refractivity contribution in [1.82, 2.24) is 0 Å². The molecule has 0 aliphatic rings. The molecular formula is C4H12NO4P. The maximum atomic E-state index is 11.0. The molecule has 2 N–H and O–H groups in total. The van der Waals surface area contributed by atoms with Crippen LogP contribution in [0.25, 0.3) is 0 Å². The van der Waals surface area contributed by atoms with E-state index in [9.17, 15) is 4.57 Å². The van der Waals surface area contributed by atoms with Crippen molar-refractivity contribution in [2.75, 3.05) is 7.11 Å². The molecule has 0 bridgehead atoms. The van der Waals surface area contributed by atoms with Gasteiger partial charge in [-0.3, -0.25) is 9.05 Å². The number of phosphoric acid groups is 1. The van der Waals surface area contributed by atoms with Gasteiger partial charge >= 0.3 is 7.82 Å². The molecule has 0 saturated carbocycles. The van der Waals surface area contributed by atoms with Crippen LogP contribution in [0.2, 0.25) is 0 Å². The van der Waals surface area contributed by atoms with Crippen LogP contribution in [-0.4, -0.2) is 13.2 Å². The van der Waals surface area contributed by atoms with Gasteiger partial charge in [-0.2, -0.15) is 0 Å². The first-order valence-corrected chi connectivity index (χ1v) is 4.23. The molecule has 1 unspecified atom stereocenters. The highest BCUT2D eigenvalue weighted by atomic mass is 31.2. The van der Waals surface area contributed by atoms with Crippen molar-refractivity contribution < 1.29 is 18.2 Å². The van der Waals surface area contributed by atoms with E-state index in [0.717, 1.165) is 0 Å². The summed E-state index contributed by atoms with van der Waals surface area (Å²) < 4.78 is 24.1. The first-order chi connectivity index (χ1) is 4.54. The molecule has 0 aromatic rings. The smallest absolute Gasteiger partial charge is 0.289 e. The van der Waals surface area contributed by atoms with Crippen LogP contribution >= 0.6 is 7.82 Å². The summed E-state index contributed by atoms with van der Waals surface area (Å²) >= 11 is 0. The molecule has 6 heteroatoms. The monoisotopic (exact) mass is 169 g/mol. The molecule has 0 fully saturated rings. The van der Waals surface area contributed by atoms with E-state index in [1.807, 2.05) is 0 Å². The predicted octanol–water partition coefficient (Wildman–Crippen LogP) is 1.06. The minimum atomic E-state index is -3.46. The average Bonchev–Trinajstić information content (AvgIpc) is 1.87. The molecule has 10 heavy (non-hydrogen) atoms. The van der Waals surface area contributed by atoms with Crippen molar-refractivity contribution in [3.8, 4) is 0 Å². The lowest BCUT2D eigenvalue weighted by molar-refractivity contribution is 0.106. The molecule has 62 valence electrons. The second-order valence-corrected chi connectivity index (χ2v) is 3.57. The van der Waals surface area contributed by atoms with Crippen LogP contribution in [0.5, 0.6) is 0 Å². The molecule has 0 aliphatic heterocycles. The molecule has 1 atom stereocenters. The Morgan fingerprint density at radius 1 is 1.50 bits per heavy atom. The highest BCUT2D eigenvalue weighted by Gasteiger charge is 2.24. The van der Waals surface area contributed by atoms with E-state index in [-0.39, 0.29) is 6.10 Å². The Balaban J connectivity index is 3.94.